The number of carbonyl (C=O) groups is 1. The molecule has 0 aliphatic carbocycles. The molecule has 2 rings (SSSR count). The molecule has 0 aliphatic heterocycles. The van der Waals surface area contributed by atoms with Crippen LogP contribution >= 0.6 is 0 Å². The summed E-state index contributed by atoms with van der Waals surface area (Å²) in [6.07, 6.45) is 2.75. The van der Waals surface area contributed by atoms with Crippen molar-refractivity contribution < 1.29 is 4.79 Å². The molecule has 0 saturated carbocycles. The lowest BCUT2D eigenvalue weighted by atomic mass is 10.1. The Balaban J connectivity index is 0.000000231. The summed E-state index contributed by atoms with van der Waals surface area (Å²) >= 11 is 0. The maximum atomic E-state index is 9.94. The fourth-order valence-electron chi connectivity index (χ4n) is 2.05. The van der Waals surface area contributed by atoms with E-state index in [1.54, 1.807) is 0 Å². The molecule has 0 saturated heterocycles. The normalized spacial score (nSPS) is 9.70. The highest BCUT2D eigenvalue weighted by molar-refractivity contribution is 5.45. The Labute approximate surface area is 140 Å². The molecule has 124 valence electrons. The molecule has 2 N–H and O–H groups in total. The van der Waals surface area contributed by atoms with Crippen LogP contribution < -0.4 is 10.6 Å². The SMILES string of the molecule is CNCCc1ccc(C)cc1.Cc1ccc(CCNC=O)cc1. The van der Waals surface area contributed by atoms with E-state index in [1.165, 1.54) is 22.3 Å². The quantitative estimate of drug-likeness (QED) is 0.609. The molecular formula is C20H28N2O. The highest BCUT2D eigenvalue weighted by Crippen LogP contribution is 2.03. The van der Waals surface area contributed by atoms with Gasteiger partial charge in [-0.3, -0.25) is 4.79 Å². The van der Waals surface area contributed by atoms with Crippen LogP contribution in [0, 0.1) is 13.8 Å². The van der Waals surface area contributed by atoms with Crippen molar-refractivity contribution in [3.63, 3.8) is 0 Å². The van der Waals surface area contributed by atoms with Crippen molar-refractivity contribution in [1.82, 2.24) is 10.6 Å². The summed E-state index contributed by atoms with van der Waals surface area (Å²) in [5, 5.41) is 5.76. The molecular weight excluding hydrogens is 284 g/mol. The lowest BCUT2D eigenvalue weighted by Crippen LogP contribution is -2.14. The van der Waals surface area contributed by atoms with E-state index < -0.39 is 0 Å². The third-order valence-electron chi connectivity index (χ3n) is 3.55. The predicted octanol–water partition coefficient (Wildman–Crippen LogP) is 3.04. The minimum atomic E-state index is 0.715. The number of hydrogen-bond donors (Lipinski definition) is 2. The first kappa shape index (κ1) is 18.9. The highest BCUT2D eigenvalue weighted by atomic mass is 16.1. The summed E-state index contributed by atoms with van der Waals surface area (Å²) in [6.45, 7) is 5.95. The number of carbonyl (C=O) groups excluding carboxylic acids is 1. The van der Waals surface area contributed by atoms with Crippen LogP contribution in [0.5, 0.6) is 0 Å². The number of rotatable bonds is 7. The van der Waals surface area contributed by atoms with Crippen molar-refractivity contribution in [3.05, 3.63) is 70.8 Å². The van der Waals surface area contributed by atoms with Gasteiger partial charge in [-0.1, -0.05) is 59.7 Å². The summed E-state index contributed by atoms with van der Waals surface area (Å²) in [6, 6.07) is 17.0. The molecule has 0 radical (unpaired) electrons. The van der Waals surface area contributed by atoms with Gasteiger partial charge in [0.2, 0.25) is 6.41 Å². The van der Waals surface area contributed by atoms with Crippen LogP contribution in [0.15, 0.2) is 48.5 Å². The zero-order valence-corrected chi connectivity index (χ0v) is 14.4. The Bertz CT molecular complexity index is 547. The number of nitrogens with one attached hydrogen (secondary N) is 2. The molecule has 0 aromatic heterocycles. The summed E-state index contributed by atoms with van der Waals surface area (Å²) in [4.78, 5) is 9.94. The number of benzene rings is 2. The standard InChI is InChI=1S/C10H13NO.C10H15N/c1-9-2-4-10(5-3-9)6-7-11-8-12;1-9-3-5-10(6-4-9)7-8-11-2/h2-5,8H,6-7H2,1H3,(H,11,12);3-6,11H,7-8H2,1-2H3. The van der Waals surface area contributed by atoms with Crippen molar-refractivity contribution in [3.8, 4) is 0 Å². The second kappa shape index (κ2) is 11.4. The minimum Gasteiger partial charge on any atom is -0.358 e. The average Bonchev–Trinajstić information content (AvgIpc) is 2.57. The van der Waals surface area contributed by atoms with Crippen LogP contribution in [0.1, 0.15) is 22.3 Å². The predicted molar refractivity (Wildman–Crippen MR) is 97.8 cm³/mol. The number of hydrogen-bond acceptors (Lipinski definition) is 2. The molecule has 0 aliphatic rings. The largest absolute Gasteiger partial charge is 0.358 e. The van der Waals surface area contributed by atoms with Crippen LogP contribution in [0.2, 0.25) is 0 Å². The molecule has 0 heterocycles. The lowest BCUT2D eigenvalue weighted by Gasteiger charge is -2.00. The maximum absolute atomic E-state index is 9.94. The molecule has 3 nitrogen and oxygen atoms in total. The zero-order chi connectivity index (χ0) is 16.9. The first-order chi connectivity index (χ1) is 11.2. The van der Waals surface area contributed by atoms with E-state index in [9.17, 15) is 4.79 Å². The van der Waals surface area contributed by atoms with Gasteiger partial charge in [-0.25, -0.2) is 0 Å². The lowest BCUT2D eigenvalue weighted by molar-refractivity contribution is -0.109. The van der Waals surface area contributed by atoms with Crippen LogP contribution in [-0.4, -0.2) is 26.5 Å². The number of amides is 1. The van der Waals surface area contributed by atoms with E-state index in [2.05, 4.69) is 73.0 Å². The van der Waals surface area contributed by atoms with E-state index in [-0.39, 0.29) is 0 Å². The minimum absolute atomic E-state index is 0.715. The first-order valence-electron chi connectivity index (χ1n) is 8.08. The van der Waals surface area contributed by atoms with Gasteiger partial charge in [-0.15, -0.1) is 0 Å². The average molecular weight is 312 g/mol. The topological polar surface area (TPSA) is 41.1 Å². The molecule has 0 fully saturated rings. The Morgan fingerprint density at radius 2 is 1.22 bits per heavy atom. The summed E-state index contributed by atoms with van der Waals surface area (Å²) in [5.74, 6) is 0. The van der Waals surface area contributed by atoms with Gasteiger partial charge >= 0.3 is 0 Å². The molecule has 0 atom stereocenters. The molecule has 0 unspecified atom stereocenters. The smallest absolute Gasteiger partial charge is 0.207 e. The van der Waals surface area contributed by atoms with Gasteiger partial charge in [-0.05, 0) is 51.4 Å². The number of likely N-dealkylation sites (N-methyl/N-ethyl adjacent to an activating group) is 1. The van der Waals surface area contributed by atoms with Gasteiger partial charge < -0.3 is 10.6 Å². The zero-order valence-electron chi connectivity index (χ0n) is 14.4. The second-order valence-electron chi connectivity index (χ2n) is 5.65. The van der Waals surface area contributed by atoms with Gasteiger partial charge in [0.25, 0.3) is 0 Å². The Morgan fingerprint density at radius 1 is 0.783 bits per heavy atom. The van der Waals surface area contributed by atoms with E-state index in [0.29, 0.717) is 6.54 Å². The van der Waals surface area contributed by atoms with E-state index in [4.69, 9.17) is 0 Å². The van der Waals surface area contributed by atoms with E-state index in [0.717, 1.165) is 25.8 Å². The van der Waals surface area contributed by atoms with Crippen LogP contribution in [-0.2, 0) is 17.6 Å². The van der Waals surface area contributed by atoms with Gasteiger partial charge in [0.05, 0.1) is 0 Å². The summed E-state index contributed by atoms with van der Waals surface area (Å²) in [7, 11) is 1.98. The fourth-order valence-corrected chi connectivity index (χ4v) is 2.05. The Kier molecular flexibility index (Phi) is 9.41. The Morgan fingerprint density at radius 3 is 1.61 bits per heavy atom. The monoisotopic (exact) mass is 312 g/mol. The van der Waals surface area contributed by atoms with Crippen LogP contribution in [0.25, 0.3) is 0 Å². The van der Waals surface area contributed by atoms with Crippen molar-refractivity contribution in [2.45, 2.75) is 26.7 Å². The Hall–Kier alpha value is -2.13. The van der Waals surface area contributed by atoms with Gasteiger partial charge in [0.1, 0.15) is 0 Å². The molecule has 0 bridgehead atoms. The number of aryl methyl sites for hydroxylation is 2. The molecule has 0 spiro atoms. The van der Waals surface area contributed by atoms with Gasteiger partial charge in [-0.2, -0.15) is 0 Å². The van der Waals surface area contributed by atoms with Gasteiger partial charge in [0.15, 0.2) is 0 Å². The maximum Gasteiger partial charge on any atom is 0.207 e. The summed E-state index contributed by atoms with van der Waals surface area (Å²) in [5.41, 5.74) is 5.26. The van der Waals surface area contributed by atoms with Crippen LogP contribution in [0.4, 0.5) is 0 Å². The van der Waals surface area contributed by atoms with Crippen molar-refractivity contribution in [2.24, 2.45) is 0 Å². The van der Waals surface area contributed by atoms with E-state index >= 15 is 0 Å². The third-order valence-corrected chi connectivity index (χ3v) is 3.55. The second-order valence-corrected chi connectivity index (χ2v) is 5.65. The van der Waals surface area contributed by atoms with Crippen molar-refractivity contribution in [2.75, 3.05) is 20.1 Å². The molecule has 2 aromatic rings. The third kappa shape index (κ3) is 8.79. The van der Waals surface area contributed by atoms with Crippen molar-refractivity contribution >= 4 is 6.41 Å². The molecule has 23 heavy (non-hydrogen) atoms. The molecule has 1 amide bonds. The highest BCUT2D eigenvalue weighted by Gasteiger charge is 1.91. The fraction of sp³-hybridized carbons (Fsp3) is 0.350. The van der Waals surface area contributed by atoms with E-state index in [1.807, 2.05) is 7.05 Å². The first-order valence-corrected chi connectivity index (χ1v) is 8.08. The van der Waals surface area contributed by atoms with Gasteiger partial charge in [0, 0.05) is 6.54 Å². The van der Waals surface area contributed by atoms with Crippen LogP contribution in [0.3, 0.4) is 0 Å². The van der Waals surface area contributed by atoms with Crippen molar-refractivity contribution in [1.29, 1.82) is 0 Å². The molecule has 2 aromatic carbocycles. The molecule has 3 heteroatoms. The summed E-state index contributed by atoms with van der Waals surface area (Å²) < 4.78 is 0.